The second-order valence-corrected chi connectivity index (χ2v) is 14.3. The van der Waals surface area contributed by atoms with Gasteiger partial charge >= 0.3 is 0 Å². The van der Waals surface area contributed by atoms with Crippen LogP contribution in [0.2, 0.25) is 0 Å². The van der Waals surface area contributed by atoms with Gasteiger partial charge in [-0.2, -0.15) is 0 Å². The largest absolute Gasteiger partial charge is 0.456 e. The van der Waals surface area contributed by atoms with E-state index < -0.39 is 0 Å². The van der Waals surface area contributed by atoms with Crippen LogP contribution in [0.4, 0.5) is 21.5 Å². The van der Waals surface area contributed by atoms with Crippen molar-refractivity contribution in [3.05, 3.63) is 187 Å². The van der Waals surface area contributed by atoms with Gasteiger partial charge in [-0.1, -0.05) is 123 Å². The van der Waals surface area contributed by atoms with E-state index >= 15 is 0 Å². The Morgan fingerprint density at radius 3 is 1.81 bits per heavy atom. The Morgan fingerprint density at radius 1 is 0.462 bits per heavy atom. The number of nitrogens with zero attached hydrogens (tertiary/aromatic N) is 1. The van der Waals surface area contributed by atoms with E-state index in [1.165, 1.54) is 34.4 Å². The SMILES string of the molecule is CC1(C)c2ccccc2-c2ccc(N(c3ccc(-c4cccc5cccc(-c6ccc(F)cc6)c45)cc3)c3ccc4c(c3)oc3ccccc34)cc21. The molecule has 0 aliphatic heterocycles. The van der Waals surface area contributed by atoms with Gasteiger partial charge in [0.2, 0.25) is 0 Å². The average Bonchev–Trinajstić information content (AvgIpc) is 3.66. The molecule has 0 saturated carbocycles. The fourth-order valence-electron chi connectivity index (χ4n) is 8.37. The summed E-state index contributed by atoms with van der Waals surface area (Å²) in [5.74, 6) is -0.236. The molecule has 0 fully saturated rings. The normalized spacial score (nSPS) is 13.1. The van der Waals surface area contributed by atoms with Gasteiger partial charge < -0.3 is 9.32 Å². The quantitative estimate of drug-likeness (QED) is 0.181. The van der Waals surface area contributed by atoms with Crippen LogP contribution in [0.25, 0.3) is 66.1 Å². The van der Waals surface area contributed by atoms with Crippen LogP contribution in [-0.2, 0) is 5.41 Å². The summed E-state index contributed by atoms with van der Waals surface area (Å²) in [6.07, 6.45) is 0. The fourth-order valence-corrected chi connectivity index (χ4v) is 8.37. The van der Waals surface area contributed by atoms with Gasteiger partial charge in [-0.05, 0) is 110 Å². The van der Waals surface area contributed by atoms with Crippen LogP contribution in [0.3, 0.4) is 0 Å². The molecule has 0 spiro atoms. The van der Waals surface area contributed by atoms with Crippen LogP contribution in [0.15, 0.2) is 174 Å². The Hall–Kier alpha value is -6.45. The second kappa shape index (κ2) is 11.5. The summed E-state index contributed by atoms with van der Waals surface area (Å²) in [5.41, 5.74) is 14.4. The first-order chi connectivity index (χ1) is 25.4. The maximum atomic E-state index is 13.9. The molecule has 3 heteroatoms. The maximum Gasteiger partial charge on any atom is 0.137 e. The van der Waals surface area contributed by atoms with Crippen LogP contribution in [0.5, 0.6) is 0 Å². The molecule has 1 aliphatic carbocycles. The predicted molar refractivity (Wildman–Crippen MR) is 214 cm³/mol. The van der Waals surface area contributed by atoms with Crippen LogP contribution in [0.1, 0.15) is 25.0 Å². The molecule has 0 N–H and O–H groups in total. The number of hydrogen-bond acceptors (Lipinski definition) is 2. The second-order valence-electron chi connectivity index (χ2n) is 14.3. The summed E-state index contributed by atoms with van der Waals surface area (Å²) in [6.45, 7) is 4.65. The number of fused-ring (bicyclic) bond motifs is 7. The molecule has 2 nitrogen and oxygen atoms in total. The van der Waals surface area contributed by atoms with Gasteiger partial charge in [0.15, 0.2) is 0 Å². The van der Waals surface area contributed by atoms with Gasteiger partial charge in [0, 0.05) is 39.3 Å². The molecule has 10 rings (SSSR count). The fraction of sp³-hybridized carbons (Fsp3) is 0.0612. The van der Waals surface area contributed by atoms with Gasteiger partial charge in [-0.25, -0.2) is 4.39 Å². The predicted octanol–water partition coefficient (Wildman–Crippen LogP) is 14.0. The maximum absolute atomic E-state index is 13.9. The summed E-state index contributed by atoms with van der Waals surface area (Å²) in [5, 5.41) is 4.52. The number of anilines is 3. The number of halogens is 1. The third-order valence-corrected chi connectivity index (χ3v) is 10.9. The minimum Gasteiger partial charge on any atom is -0.456 e. The minimum atomic E-state index is -0.236. The van der Waals surface area contributed by atoms with E-state index in [2.05, 4.69) is 152 Å². The van der Waals surface area contributed by atoms with Crippen LogP contribution < -0.4 is 4.90 Å². The molecule has 0 radical (unpaired) electrons. The number of benzene rings is 8. The molecule has 248 valence electrons. The Bertz CT molecular complexity index is 2820. The van der Waals surface area contributed by atoms with E-state index in [1.807, 2.05) is 24.3 Å². The molecule has 0 amide bonds. The lowest BCUT2D eigenvalue weighted by Crippen LogP contribution is -2.16. The van der Waals surface area contributed by atoms with Crippen molar-refractivity contribution in [2.75, 3.05) is 4.90 Å². The van der Waals surface area contributed by atoms with Gasteiger partial charge in [-0.15, -0.1) is 0 Å². The molecule has 1 aliphatic rings. The highest BCUT2D eigenvalue weighted by atomic mass is 19.1. The Labute approximate surface area is 302 Å². The van der Waals surface area contributed by atoms with Gasteiger partial charge in [0.05, 0.1) is 0 Å². The van der Waals surface area contributed by atoms with E-state index in [9.17, 15) is 4.39 Å². The molecule has 1 aromatic heterocycles. The molecule has 0 atom stereocenters. The molecule has 0 saturated heterocycles. The molecule has 1 heterocycles. The summed E-state index contributed by atoms with van der Waals surface area (Å²) in [4.78, 5) is 2.34. The lowest BCUT2D eigenvalue weighted by molar-refractivity contribution is 0.628. The van der Waals surface area contributed by atoms with Crippen LogP contribution in [0, 0.1) is 5.82 Å². The van der Waals surface area contributed by atoms with Crippen molar-refractivity contribution in [2.24, 2.45) is 0 Å². The molecule has 9 aromatic rings. The summed E-state index contributed by atoms with van der Waals surface area (Å²) < 4.78 is 20.3. The first-order valence-corrected chi connectivity index (χ1v) is 17.8. The Morgan fingerprint density at radius 2 is 1.04 bits per heavy atom. The average molecular weight is 672 g/mol. The van der Waals surface area contributed by atoms with Crippen molar-refractivity contribution in [1.29, 1.82) is 0 Å². The van der Waals surface area contributed by atoms with Crippen molar-refractivity contribution in [3.63, 3.8) is 0 Å². The third kappa shape index (κ3) is 4.70. The summed E-state index contributed by atoms with van der Waals surface area (Å²) in [6, 6.07) is 58.8. The topological polar surface area (TPSA) is 16.4 Å². The number of furan rings is 1. The lowest BCUT2D eigenvalue weighted by atomic mass is 9.82. The molecule has 52 heavy (non-hydrogen) atoms. The first-order valence-electron chi connectivity index (χ1n) is 17.8. The molecule has 0 bridgehead atoms. The standard InChI is InChI=1S/C49H34FNO/c1-49(2)44-15-5-3-11-40(44)41-27-25-36(29-45(41)49)51(37-26-28-43-42-12-4-6-16-46(42)52-47(43)30-37)35-23-19-32(20-24-35)39-14-8-10-33-9-7-13-38(48(33)39)31-17-21-34(50)22-18-31/h3-30H,1-2H3. The van der Waals surface area contributed by atoms with E-state index in [0.717, 1.165) is 72.0 Å². The van der Waals surface area contributed by atoms with Crippen molar-refractivity contribution < 1.29 is 8.81 Å². The minimum absolute atomic E-state index is 0.128. The van der Waals surface area contributed by atoms with Crippen molar-refractivity contribution >= 4 is 49.8 Å². The number of rotatable bonds is 5. The van der Waals surface area contributed by atoms with E-state index in [1.54, 1.807) is 0 Å². The number of para-hydroxylation sites is 1. The zero-order valence-corrected chi connectivity index (χ0v) is 28.9. The molecule has 8 aromatic carbocycles. The van der Waals surface area contributed by atoms with Gasteiger partial charge in [0.25, 0.3) is 0 Å². The van der Waals surface area contributed by atoms with E-state index in [0.29, 0.717) is 0 Å². The smallest absolute Gasteiger partial charge is 0.137 e. The van der Waals surface area contributed by atoms with Gasteiger partial charge in [0.1, 0.15) is 17.0 Å². The monoisotopic (exact) mass is 671 g/mol. The zero-order chi connectivity index (χ0) is 35.0. The highest BCUT2D eigenvalue weighted by Gasteiger charge is 2.35. The Balaban J connectivity index is 1.13. The van der Waals surface area contributed by atoms with Crippen LogP contribution in [-0.4, -0.2) is 0 Å². The van der Waals surface area contributed by atoms with Crippen molar-refractivity contribution in [3.8, 4) is 33.4 Å². The van der Waals surface area contributed by atoms with E-state index in [4.69, 9.17) is 4.42 Å². The highest BCUT2D eigenvalue weighted by molar-refractivity contribution is 6.07. The lowest BCUT2D eigenvalue weighted by Gasteiger charge is -2.28. The highest BCUT2D eigenvalue weighted by Crippen LogP contribution is 2.51. The third-order valence-electron chi connectivity index (χ3n) is 10.9. The number of hydrogen-bond donors (Lipinski definition) is 0. The van der Waals surface area contributed by atoms with E-state index in [-0.39, 0.29) is 11.2 Å². The molecular weight excluding hydrogens is 638 g/mol. The van der Waals surface area contributed by atoms with Crippen molar-refractivity contribution in [2.45, 2.75) is 19.3 Å². The molecular formula is C49H34FNO. The van der Waals surface area contributed by atoms with Crippen molar-refractivity contribution in [1.82, 2.24) is 0 Å². The summed E-state index contributed by atoms with van der Waals surface area (Å²) >= 11 is 0. The first kappa shape index (κ1) is 30.4. The van der Waals surface area contributed by atoms with Gasteiger partial charge in [-0.3, -0.25) is 0 Å². The Kier molecular flexibility index (Phi) is 6.74. The molecule has 0 unspecified atom stereocenters. The van der Waals surface area contributed by atoms with Crippen LogP contribution >= 0.6 is 0 Å². The summed E-state index contributed by atoms with van der Waals surface area (Å²) in [7, 11) is 0. The zero-order valence-electron chi connectivity index (χ0n) is 28.9.